The molecule has 1 unspecified atom stereocenters. The van der Waals surface area contributed by atoms with Crippen molar-refractivity contribution in [1.29, 1.82) is 0 Å². The van der Waals surface area contributed by atoms with Crippen LogP contribution in [0.2, 0.25) is 0 Å². The Hall–Kier alpha value is -0.970. The van der Waals surface area contributed by atoms with Crippen LogP contribution >= 0.6 is 12.4 Å². The first-order valence-electron chi connectivity index (χ1n) is 11.6. The second kappa shape index (κ2) is 10.4. The van der Waals surface area contributed by atoms with Gasteiger partial charge in [0.15, 0.2) is 0 Å². The molecule has 0 aromatic heterocycles. The Balaban J connectivity index is 0.00000300. The van der Waals surface area contributed by atoms with Crippen LogP contribution in [0, 0.1) is 28.6 Å². The predicted octanol–water partition coefficient (Wildman–Crippen LogP) is 7.34. The third-order valence-corrected chi connectivity index (χ3v) is 7.04. The van der Waals surface area contributed by atoms with Crippen LogP contribution in [0.25, 0.3) is 0 Å². The van der Waals surface area contributed by atoms with Gasteiger partial charge < -0.3 is 5.32 Å². The zero-order chi connectivity index (χ0) is 20.2. The number of halogens is 1. The molecule has 2 fully saturated rings. The molecule has 2 aliphatic carbocycles. The van der Waals surface area contributed by atoms with E-state index in [0.717, 1.165) is 18.0 Å². The minimum Gasteiger partial charge on any atom is -0.303 e. The summed E-state index contributed by atoms with van der Waals surface area (Å²) in [7, 11) is 0. The van der Waals surface area contributed by atoms with E-state index in [2.05, 4.69) is 76.0 Å². The summed E-state index contributed by atoms with van der Waals surface area (Å²) in [6.45, 7) is 12.9. The molecule has 1 aromatic carbocycles. The second-order valence-electron chi connectivity index (χ2n) is 11.1. The molecule has 162 valence electrons. The fourth-order valence-electron chi connectivity index (χ4n) is 6.08. The molecule has 29 heavy (non-hydrogen) atoms. The highest BCUT2D eigenvalue weighted by atomic mass is 35.5. The molecular weight excluding hydrogens is 374 g/mol. The quantitative estimate of drug-likeness (QED) is 0.507. The van der Waals surface area contributed by atoms with E-state index in [4.69, 9.17) is 0 Å². The molecule has 0 bridgehead atoms. The van der Waals surface area contributed by atoms with Gasteiger partial charge in [-0.3, -0.25) is 0 Å². The van der Waals surface area contributed by atoms with E-state index in [1.807, 2.05) is 0 Å². The number of nitrogens with one attached hydrogen (secondary N) is 1. The Morgan fingerprint density at radius 3 is 2.14 bits per heavy atom. The minimum absolute atomic E-state index is 0. The van der Waals surface area contributed by atoms with E-state index in [-0.39, 0.29) is 12.4 Å². The molecule has 2 aliphatic rings. The fraction of sp³-hybridized carbons (Fsp3) is 0.704. The lowest BCUT2D eigenvalue weighted by Gasteiger charge is -2.45. The normalized spacial score (nSPS) is 22.8. The van der Waals surface area contributed by atoms with E-state index in [9.17, 15) is 0 Å². The van der Waals surface area contributed by atoms with Gasteiger partial charge in [-0.1, -0.05) is 70.9 Å². The summed E-state index contributed by atoms with van der Waals surface area (Å²) in [4.78, 5) is 0. The highest BCUT2D eigenvalue weighted by molar-refractivity contribution is 5.85. The van der Waals surface area contributed by atoms with Crippen LogP contribution in [-0.2, 0) is 0 Å². The van der Waals surface area contributed by atoms with Crippen LogP contribution in [0.5, 0.6) is 0 Å². The van der Waals surface area contributed by atoms with Crippen molar-refractivity contribution in [2.45, 2.75) is 97.9 Å². The molecule has 0 radical (unpaired) electrons. The molecule has 1 aromatic rings. The average Bonchev–Trinajstić information content (AvgIpc) is 2.64. The van der Waals surface area contributed by atoms with Gasteiger partial charge in [0.25, 0.3) is 0 Å². The number of benzene rings is 1. The fourth-order valence-corrected chi connectivity index (χ4v) is 6.08. The highest BCUT2D eigenvalue weighted by Gasteiger charge is 2.38. The maximum atomic E-state index is 3.63. The Morgan fingerprint density at radius 2 is 1.55 bits per heavy atom. The highest BCUT2D eigenvalue weighted by Crippen LogP contribution is 2.51. The Morgan fingerprint density at radius 1 is 0.966 bits per heavy atom. The van der Waals surface area contributed by atoms with Crippen molar-refractivity contribution in [3.05, 3.63) is 35.4 Å². The molecular formula is C27H42ClN. The molecule has 2 saturated carbocycles. The van der Waals surface area contributed by atoms with Crippen molar-refractivity contribution in [3.63, 3.8) is 0 Å². The van der Waals surface area contributed by atoms with Gasteiger partial charge in [-0.25, -0.2) is 0 Å². The van der Waals surface area contributed by atoms with Crippen LogP contribution in [0.3, 0.4) is 0 Å². The average molecular weight is 416 g/mol. The van der Waals surface area contributed by atoms with E-state index < -0.39 is 0 Å². The van der Waals surface area contributed by atoms with E-state index in [1.165, 1.54) is 56.9 Å². The SMILES string of the molecule is CC(NCC#Cc1ccc(C2CC(C)(C)CC(C)(C)C2)cc1)C1CCCCC1.Cl. The minimum atomic E-state index is 0. The van der Waals surface area contributed by atoms with Crippen molar-refractivity contribution in [3.8, 4) is 11.8 Å². The second-order valence-corrected chi connectivity index (χ2v) is 11.1. The lowest BCUT2D eigenvalue weighted by atomic mass is 9.60. The van der Waals surface area contributed by atoms with Crippen molar-refractivity contribution in [2.24, 2.45) is 16.7 Å². The Bertz CT molecular complexity index is 669. The number of hydrogen-bond acceptors (Lipinski definition) is 1. The lowest BCUT2D eigenvalue weighted by molar-refractivity contribution is 0.0969. The topological polar surface area (TPSA) is 12.0 Å². The van der Waals surface area contributed by atoms with Crippen molar-refractivity contribution in [1.82, 2.24) is 5.32 Å². The van der Waals surface area contributed by atoms with E-state index in [0.29, 0.717) is 22.8 Å². The molecule has 0 aliphatic heterocycles. The van der Waals surface area contributed by atoms with Gasteiger partial charge in [-0.15, -0.1) is 12.4 Å². The summed E-state index contributed by atoms with van der Waals surface area (Å²) < 4.78 is 0. The summed E-state index contributed by atoms with van der Waals surface area (Å²) in [5.74, 6) is 8.21. The van der Waals surface area contributed by atoms with Crippen molar-refractivity contribution >= 4 is 12.4 Å². The molecule has 0 heterocycles. The molecule has 3 rings (SSSR count). The maximum Gasteiger partial charge on any atom is 0.0582 e. The van der Waals surface area contributed by atoms with Crippen LogP contribution in [-0.4, -0.2) is 12.6 Å². The van der Waals surface area contributed by atoms with Gasteiger partial charge >= 0.3 is 0 Å². The smallest absolute Gasteiger partial charge is 0.0582 e. The standard InChI is InChI=1S/C27H41N.ClH/c1-21(23-11-7-6-8-12-23)28-17-9-10-22-13-15-24(16-14-22)25-18-26(2,3)20-27(4,5)19-25;/h13-16,21,23,25,28H,6-8,11-12,17-20H2,1-5H3;1H. The summed E-state index contributed by atoms with van der Waals surface area (Å²) in [5.41, 5.74) is 3.51. The summed E-state index contributed by atoms with van der Waals surface area (Å²) in [5, 5.41) is 3.63. The van der Waals surface area contributed by atoms with Crippen molar-refractivity contribution < 1.29 is 0 Å². The van der Waals surface area contributed by atoms with Crippen LogP contribution in [0.4, 0.5) is 0 Å². The summed E-state index contributed by atoms with van der Waals surface area (Å²) >= 11 is 0. The molecule has 1 N–H and O–H groups in total. The predicted molar refractivity (Wildman–Crippen MR) is 129 cm³/mol. The van der Waals surface area contributed by atoms with Gasteiger partial charge in [-0.05, 0) is 79.4 Å². The maximum absolute atomic E-state index is 3.63. The van der Waals surface area contributed by atoms with E-state index in [1.54, 1.807) is 0 Å². The van der Waals surface area contributed by atoms with Gasteiger partial charge in [0.2, 0.25) is 0 Å². The van der Waals surface area contributed by atoms with Gasteiger partial charge in [0.05, 0.1) is 6.54 Å². The first kappa shape index (κ1) is 24.3. The molecule has 2 heteroatoms. The number of rotatable bonds is 4. The molecule has 1 atom stereocenters. The summed E-state index contributed by atoms with van der Waals surface area (Å²) in [6.07, 6.45) is 10.9. The molecule has 0 amide bonds. The van der Waals surface area contributed by atoms with Gasteiger partial charge in [-0.2, -0.15) is 0 Å². The monoisotopic (exact) mass is 415 g/mol. The molecule has 0 spiro atoms. The zero-order valence-electron chi connectivity index (χ0n) is 19.3. The lowest BCUT2D eigenvalue weighted by Crippen LogP contribution is -2.34. The number of hydrogen-bond donors (Lipinski definition) is 1. The van der Waals surface area contributed by atoms with Crippen LogP contribution in [0.1, 0.15) is 103 Å². The third kappa shape index (κ3) is 7.34. The van der Waals surface area contributed by atoms with Gasteiger partial charge in [0, 0.05) is 11.6 Å². The molecule has 1 nitrogen and oxygen atoms in total. The van der Waals surface area contributed by atoms with Crippen LogP contribution in [0.15, 0.2) is 24.3 Å². The Labute approximate surface area is 186 Å². The first-order chi connectivity index (χ1) is 13.2. The third-order valence-electron chi connectivity index (χ3n) is 7.04. The first-order valence-corrected chi connectivity index (χ1v) is 11.6. The van der Waals surface area contributed by atoms with E-state index >= 15 is 0 Å². The largest absolute Gasteiger partial charge is 0.303 e. The van der Waals surface area contributed by atoms with Crippen molar-refractivity contribution in [2.75, 3.05) is 6.54 Å². The van der Waals surface area contributed by atoms with Gasteiger partial charge in [0.1, 0.15) is 0 Å². The molecule has 0 saturated heterocycles. The zero-order valence-corrected chi connectivity index (χ0v) is 20.1. The van der Waals surface area contributed by atoms with Crippen LogP contribution < -0.4 is 5.32 Å². The Kier molecular flexibility index (Phi) is 8.69. The summed E-state index contributed by atoms with van der Waals surface area (Å²) in [6, 6.07) is 9.69.